The molecule has 0 spiro atoms. The Kier molecular flexibility index (Phi) is 6.21. The third-order valence-corrected chi connectivity index (χ3v) is 6.73. The molecule has 1 aliphatic rings. The molecular weight excluding hydrogens is 432 g/mol. The van der Waals surface area contributed by atoms with E-state index in [-0.39, 0.29) is 11.9 Å². The van der Waals surface area contributed by atoms with Crippen molar-refractivity contribution in [2.24, 2.45) is 5.92 Å². The molecule has 0 aliphatic carbocycles. The Labute approximate surface area is 199 Å². The Morgan fingerprint density at radius 1 is 1.00 bits per heavy atom. The normalized spacial score (nSPS) is 16.1. The van der Waals surface area contributed by atoms with Crippen LogP contribution >= 0.6 is 11.6 Å². The SMILES string of the molecule is CC1CCN([C@@H](c2cccc(Cl)c2)c2oc3ccccc3c2NC(=O)c2ccccc2)CC1. The first-order valence-corrected chi connectivity index (χ1v) is 11.9. The summed E-state index contributed by atoms with van der Waals surface area (Å²) in [5.41, 5.74) is 3.16. The summed E-state index contributed by atoms with van der Waals surface area (Å²) in [5.74, 6) is 1.30. The van der Waals surface area contributed by atoms with Crippen LogP contribution in [0.15, 0.2) is 83.3 Å². The van der Waals surface area contributed by atoms with Crippen molar-refractivity contribution in [3.63, 3.8) is 0 Å². The number of benzene rings is 3. The van der Waals surface area contributed by atoms with Crippen molar-refractivity contribution in [1.82, 2.24) is 4.90 Å². The molecule has 5 heteroatoms. The van der Waals surface area contributed by atoms with Crippen molar-refractivity contribution in [3.8, 4) is 0 Å². The van der Waals surface area contributed by atoms with Crippen LogP contribution in [0.4, 0.5) is 5.69 Å². The van der Waals surface area contributed by atoms with Gasteiger partial charge in [-0.2, -0.15) is 0 Å². The molecule has 1 aliphatic heterocycles. The van der Waals surface area contributed by atoms with Gasteiger partial charge in [0.15, 0.2) is 0 Å². The molecule has 0 radical (unpaired) electrons. The van der Waals surface area contributed by atoms with Gasteiger partial charge in [0.25, 0.3) is 5.91 Å². The summed E-state index contributed by atoms with van der Waals surface area (Å²) in [5, 5.41) is 4.76. The Morgan fingerprint density at radius 2 is 1.73 bits per heavy atom. The van der Waals surface area contributed by atoms with Crippen molar-refractivity contribution < 1.29 is 9.21 Å². The highest BCUT2D eigenvalue weighted by Crippen LogP contribution is 2.42. The summed E-state index contributed by atoms with van der Waals surface area (Å²) in [7, 11) is 0. The molecule has 1 aromatic heterocycles. The molecule has 0 unspecified atom stereocenters. The predicted octanol–water partition coefficient (Wildman–Crippen LogP) is 7.16. The van der Waals surface area contributed by atoms with Crippen molar-refractivity contribution in [2.75, 3.05) is 18.4 Å². The van der Waals surface area contributed by atoms with Crippen LogP contribution in [0.1, 0.15) is 47.5 Å². The average molecular weight is 459 g/mol. The van der Waals surface area contributed by atoms with Gasteiger partial charge in [0.1, 0.15) is 11.3 Å². The molecule has 4 aromatic rings. The molecule has 4 nitrogen and oxygen atoms in total. The number of nitrogens with one attached hydrogen (secondary N) is 1. The number of para-hydroxylation sites is 1. The molecule has 5 rings (SSSR count). The number of halogens is 1. The van der Waals surface area contributed by atoms with E-state index in [1.807, 2.05) is 72.8 Å². The molecule has 1 saturated heterocycles. The molecule has 0 bridgehead atoms. The van der Waals surface area contributed by atoms with Crippen molar-refractivity contribution in [1.29, 1.82) is 0 Å². The van der Waals surface area contributed by atoms with Gasteiger partial charge in [-0.25, -0.2) is 0 Å². The number of amides is 1. The first-order chi connectivity index (χ1) is 16.1. The lowest BCUT2D eigenvalue weighted by atomic mass is 9.94. The van der Waals surface area contributed by atoms with Crippen LogP contribution in [-0.2, 0) is 0 Å². The highest BCUT2D eigenvalue weighted by atomic mass is 35.5. The second-order valence-electron chi connectivity index (χ2n) is 8.83. The zero-order valence-electron chi connectivity index (χ0n) is 18.6. The second-order valence-corrected chi connectivity index (χ2v) is 9.27. The first kappa shape index (κ1) is 21.7. The number of piperidine rings is 1. The molecule has 168 valence electrons. The number of hydrogen-bond acceptors (Lipinski definition) is 3. The molecule has 1 amide bonds. The van der Waals surface area contributed by atoms with Gasteiger partial charge < -0.3 is 9.73 Å². The standard InChI is InChI=1S/C28H27ClN2O2/c1-19-14-16-31(17-15-19)26(21-10-7-11-22(29)18-21)27-25(23-12-5-6-13-24(23)33-27)30-28(32)20-8-3-2-4-9-20/h2-13,18-19,26H,14-17H2,1H3,(H,30,32)/t26-/m0/s1. The highest BCUT2D eigenvalue weighted by molar-refractivity contribution is 6.30. The van der Waals surface area contributed by atoms with Crippen molar-refractivity contribution in [2.45, 2.75) is 25.8 Å². The van der Waals surface area contributed by atoms with Crippen molar-refractivity contribution in [3.05, 3.63) is 101 Å². The van der Waals surface area contributed by atoms with E-state index in [0.717, 1.165) is 53.9 Å². The van der Waals surface area contributed by atoms with E-state index >= 15 is 0 Å². The van der Waals surface area contributed by atoms with E-state index in [1.165, 1.54) is 0 Å². The van der Waals surface area contributed by atoms with Gasteiger partial charge >= 0.3 is 0 Å². The number of hydrogen-bond donors (Lipinski definition) is 1. The fourth-order valence-electron chi connectivity index (χ4n) is 4.65. The molecule has 3 aromatic carbocycles. The van der Waals surface area contributed by atoms with E-state index < -0.39 is 0 Å². The predicted molar refractivity (Wildman–Crippen MR) is 134 cm³/mol. The second kappa shape index (κ2) is 9.42. The van der Waals surface area contributed by atoms with Gasteiger partial charge in [0.2, 0.25) is 0 Å². The zero-order chi connectivity index (χ0) is 22.8. The van der Waals surface area contributed by atoms with Gasteiger partial charge in [-0.1, -0.05) is 61.0 Å². The number of carbonyl (C=O) groups excluding carboxylic acids is 1. The minimum absolute atomic E-state index is 0.144. The summed E-state index contributed by atoms with van der Waals surface area (Å²) in [4.78, 5) is 15.6. The number of likely N-dealkylation sites (tertiary alicyclic amines) is 1. The number of rotatable bonds is 5. The Hall–Kier alpha value is -3.08. The molecule has 33 heavy (non-hydrogen) atoms. The van der Waals surface area contributed by atoms with Gasteiger partial charge in [-0.05, 0) is 73.8 Å². The molecule has 1 atom stereocenters. The van der Waals surface area contributed by atoms with Crippen LogP contribution in [0.3, 0.4) is 0 Å². The summed E-state index contributed by atoms with van der Waals surface area (Å²) < 4.78 is 6.47. The van der Waals surface area contributed by atoms with E-state index in [2.05, 4.69) is 23.2 Å². The van der Waals surface area contributed by atoms with E-state index in [0.29, 0.717) is 16.5 Å². The lowest BCUT2D eigenvalue weighted by Crippen LogP contribution is -2.37. The fraction of sp³-hybridized carbons (Fsp3) is 0.250. The smallest absolute Gasteiger partial charge is 0.255 e. The lowest BCUT2D eigenvalue weighted by molar-refractivity contribution is 0.102. The van der Waals surface area contributed by atoms with Crippen LogP contribution in [0, 0.1) is 5.92 Å². The summed E-state index contributed by atoms with van der Waals surface area (Å²) in [6, 6.07) is 24.9. The molecule has 0 saturated carbocycles. The number of nitrogens with zero attached hydrogens (tertiary/aromatic N) is 1. The van der Waals surface area contributed by atoms with Crippen LogP contribution in [0.25, 0.3) is 11.0 Å². The number of fused-ring (bicyclic) bond motifs is 1. The van der Waals surface area contributed by atoms with Crippen LogP contribution in [-0.4, -0.2) is 23.9 Å². The maximum atomic E-state index is 13.2. The summed E-state index contributed by atoms with van der Waals surface area (Å²) >= 11 is 6.40. The minimum Gasteiger partial charge on any atom is -0.457 e. The Bertz CT molecular complexity index is 1260. The lowest BCUT2D eigenvalue weighted by Gasteiger charge is -2.36. The van der Waals surface area contributed by atoms with E-state index in [1.54, 1.807) is 0 Å². The Morgan fingerprint density at radius 3 is 2.48 bits per heavy atom. The molecular formula is C28H27ClN2O2. The van der Waals surface area contributed by atoms with Gasteiger partial charge in [0.05, 0.1) is 11.7 Å². The van der Waals surface area contributed by atoms with Gasteiger partial charge in [0, 0.05) is 16.0 Å². The topological polar surface area (TPSA) is 45.5 Å². The van der Waals surface area contributed by atoms with Crippen LogP contribution in [0.2, 0.25) is 5.02 Å². The zero-order valence-corrected chi connectivity index (χ0v) is 19.4. The fourth-order valence-corrected chi connectivity index (χ4v) is 4.85. The quantitative estimate of drug-likeness (QED) is 0.345. The maximum Gasteiger partial charge on any atom is 0.255 e. The summed E-state index contributed by atoms with van der Waals surface area (Å²) in [6.45, 7) is 4.22. The largest absolute Gasteiger partial charge is 0.457 e. The van der Waals surface area contributed by atoms with Gasteiger partial charge in [-0.15, -0.1) is 0 Å². The molecule has 1 fully saturated rings. The van der Waals surface area contributed by atoms with E-state index in [9.17, 15) is 4.79 Å². The number of carbonyl (C=O) groups is 1. The molecule has 2 heterocycles. The summed E-state index contributed by atoms with van der Waals surface area (Å²) in [6.07, 6.45) is 2.26. The monoisotopic (exact) mass is 458 g/mol. The Balaban J connectivity index is 1.63. The van der Waals surface area contributed by atoms with E-state index in [4.69, 9.17) is 16.0 Å². The maximum absolute atomic E-state index is 13.2. The highest BCUT2D eigenvalue weighted by Gasteiger charge is 2.32. The molecule has 1 N–H and O–H groups in total. The van der Waals surface area contributed by atoms with Crippen LogP contribution < -0.4 is 5.32 Å². The van der Waals surface area contributed by atoms with Crippen LogP contribution in [0.5, 0.6) is 0 Å². The van der Waals surface area contributed by atoms with Crippen molar-refractivity contribution >= 4 is 34.2 Å². The number of furan rings is 1. The van der Waals surface area contributed by atoms with Gasteiger partial charge in [-0.3, -0.25) is 9.69 Å². The minimum atomic E-state index is -0.152. The average Bonchev–Trinajstić information content (AvgIpc) is 3.19. The number of anilines is 1. The first-order valence-electron chi connectivity index (χ1n) is 11.5. The third kappa shape index (κ3) is 4.54. The third-order valence-electron chi connectivity index (χ3n) is 6.49.